The third-order valence-corrected chi connectivity index (χ3v) is 6.80. The summed E-state index contributed by atoms with van der Waals surface area (Å²) in [5.74, 6) is 0.300. The first-order valence-corrected chi connectivity index (χ1v) is 12.1. The fraction of sp³-hybridized carbons (Fsp3) is 0.192. The second-order valence-corrected chi connectivity index (χ2v) is 9.45. The summed E-state index contributed by atoms with van der Waals surface area (Å²) in [6.07, 6.45) is -4.76. The standard InChI is InChI=1S/C26H20F3N3O4S/c27-26(28,29)17-5-4-8-19(12-17)30-23(33)13-22-24(34)32(25(37-22)31-18-6-2-1-3-7-18)14-16-9-10-20-21(11-16)36-15-35-20/h1-12,22H,13-15H2,(H,30,33)/t22-/m0/s1. The number of aliphatic imine (C=N–C) groups is 1. The van der Waals surface area contributed by atoms with Gasteiger partial charge in [0.25, 0.3) is 0 Å². The maximum absolute atomic E-state index is 13.4. The van der Waals surface area contributed by atoms with E-state index in [9.17, 15) is 22.8 Å². The van der Waals surface area contributed by atoms with Crippen LogP contribution in [0.2, 0.25) is 0 Å². The van der Waals surface area contributed by atoms with E-state index >= 15 is 0 Å². The molecule has 5 rings (SSSR count). The average molecular weight is 528 g/mol. The monoisotopic (exact) mass is 527 g/mol. The Morgan fingerprint density at radius 3 is 2.59 bits per heavy atom. The number of nitrogens with zero attached hydrogens (tertiary/aromatic N) is 2. The van der Waals surface area contributed by atoms with Crippen molar-refractivity contribution in [2.75, 3.05) is 12.1 Å². The van der Waals surface area contributed by atoms with Crippen molar-refractivity contribution in [3.8, 4) is 11.5 Å². The molecule has 1 atom stereocenters. The maximum atomic E-state index is 13.4. The maximum Gasteiger partial charge on any atom is 0.416 e. The molecule has 0 radical (unpaired) electrons. The van der Waals surface area contributed by atoms with Gasteiger partial charge in [-0.05, 0) is 48.0 Å². The third-order valence-electron chi connectivity index (χ3n) is 5.62. The fourth-order valence-corrected chi connectivity index (χ4v) is 5.02. The largest absolute Gasteiger partial charge is 0.454 e. The minimum atomic E-state index is -4.53. The highest BCUT2D eigenvalue weighted by molar-refractivity contribution is 8.15. The molecule has 0 bridgehead atoms. The minimum absolute atomic E-state index is 0.00524. The SMILES string of the molecule is O=C(C[C@@H]1SC(=Nc2ccccc2)N(Cc2ccc3c(c2)OCO3)C1=O)Nc1cccc(C(F)(F)F)c1. The van der Waals surface area contributed by atoms with E-state index in [2.05, 4.69) is 10.3 Å². The topological polar surface area (TPSA) is 80.2 Å². The van der Waals surface area contributed by atoms with Gasteiger partial charge >= 0.3 is 6.18 Å². The number of carbonyl (C=O) groups excluding carboxylic acids is 2. The highest BCUT2D eigenvalue weighted by Crippen LogP contribution is 2.36. The first kappa shape index (κ1) is 24.7. The summed E-state index contributed by atoms with van der Waals surface area (Å²) in [5, 5.41) is 2.10. The molecule has 3 aromatic carbocycles. The molecule has 2 aliphatic heterocycles. The van der Waals surface area contributed by atoms with Gasteiger partial charge in [-0.2, -0.15) is 13.2 Å². The van der Waals surface area contributed by atoms with Gasteiger partial charge in [0.05, 0.1) is 17.8 Å². The van der Waals surface area contributed by atoms with Crippen molar-refractivity contribution in [2.45, 2.75) is 24.4 Å². The Morgan fingerprint density at radius 1 is 1.03 bits per heavy atom. The number of fused-ring (bicyclic) bond motifs is 1. The van der Waals surface area contributed by atoms with Crippen LogP contribution in [0.3, 0.4) is 0 Å². The molecule has 190 valence electrons. The van der Waals surface area contributed by atoms with Crippen LogP contribution in [0.5, 0.6) is 11.5 Å². The lowest BCUT2D eigenvalue weighted by atomic mass is 10.1. The number of hydrogen-bond acceptors (Lipinski definition) is 6. The van der Waals surface area contributed by atoms with Crippen LogP contribution in [0.1, 0.15) is 17.5 Å². The zero-order valence-corrected chi connectivity index (χ0v) is 20.0. The highest BCUT2D eigenvalue weighted by atomic mass is 32.2. The van der Waals surface area contributed by atoms with Crippen molar-refractivity contribution >= 4 is 40.1 Å². The summed E-state index contributed by atoms with van der Waals surface area (Å²) >= 11 is 1.14. The second kappa shape index (κ2) is 10.2. The Labute approximate surface area is 214 Å². The Bertz CT molecular complexity index is 1360. The molecule has 2 amide bonds. The number of halogens is 3. The van der Waals surface area contributed by atoms with Crippen molar-refractivity contribution in [2.24, 2.45) is 4.99 Å². The molecule has 37 heavy (non-hydrogen) atoms. The summed E-state index contributed by atoms with van der Waals surface area (Å²) in [7, 11) is 0. The van der Waals surface area contributed by atoms with E-state index in [1.165, 1.54) is 17.0 Å². The van der Waals surface area contributed by atoms with E-state index < -0.39 is 22.9 Å². The van der Waals surface area contributed by atoms with Crippen molar-refractivity contribution < 1.29 is 32.2 Å². The number of benzene rings is 3. The molecule has 1 fully saturated rings. The number of rotatable bonds is 6. The van der Waals surface area contributed by atoms with E-state index in [0.29, 0.717) is 22.4 Å². The first-order valence-electron chi connectivity index (χ1n) is 11.2. The number of thioether (sulfide) groups is 1. The number of amides is 2. The lowest BCUT2D eigenvalue weighted by molar-refractivity contribution is -0.137. The smallest absolute Gasteiger partial charge is 0.416 e. The number of carbonyl (C=O) groups is 2. The van der Waals surface area contributed by atoms with Crippen LogP contribution in [-0.2, 0) is 22.3 Å². The van der Waals surface area contributed by atoms with Crippen LogP contribution in [0.25, 0.3) is 0 Å². The molecule has 3 aromatic rings. The molecule has 1 N–H and O–H groups in total. The Hall–Kier alpha value is -3.99. The summed E-state index contributed by atoms with van der Waals surface area (Å²) < 4.78 is 49.8. The highest BCUT2D eigenvalue weighted by Gasteiger charge is 2.39. The minimum Gasteiger partial charge on any atom is -0.454 e. The number of anilines is 1. The van der Waals surface area contributed by atoms with Crippen LogP contribution in [0.15, 0.2) is 77.8 Å². The number of para-hydroxylation sites is 1. The number of hydrogen-bond donors (Lipinski definition) is 1. The molecule has 0 unspecified atom stereocenters. The van der Waals surface area contributed by atoms with Crippen molar-refractivity contribution in [3.05, 3.63) is 83.9 Å². The van der Waals surface area contributed by atoms with Crippen LogP contribution >= 0.6 is 11.8 Å². The number of alkyl halides is 3. The van der Waals surface area contributed by atoms with E-state index in [4.69, 9.17) is 9.47 Å². The zero-order chi connectivity index (χ0) is 26.0. The number of ether oxygens (including phenoxy) is 2. The lowest BCUT2D eigenvalue weighted by Gasteiger charge is -2.17. The fourth-order valence-electron chi connectivity index (χ4n) is 3.86. The van der Waals surface area contributed by atoms with Crippen molar-refractivity contribution in [1.29, 1.82) is 0 Å². The quantitative estimate of drug-likeness (QED) is 0.452. The number of nitrogens with one attached hydrogen (secondary N) is 1. The normalized spacial score (nSPS) is 17.9. The molecule has 2 aliphatic rings. The molecule has 11 heteroatoms. The Kier molecular flexibility index (Phi) is 6.79. The predicted octanol–water partition coefficient (Wildman–Crippen LogP) is 5.59. The first-order chi connectivity index (χ1) is 17.8. The molecular weight excluding hydrogens is 507 g/mol. The van der Waals surface area contributed by atoms with Gasteiger partial charge in [-0.3, -0.25) is 14.5 Å². The van der Waals surface area contributed by atoms with E-state index in [0.717, 1.165) is 29.5 Å². The third kappa shape index (κ3) is 5.72. The van der Waals surface area contributed by atoms with Gasteiger partial charge in [0.1, 0.15) is 5.25 Å². The zero-order valence-electron chi connectivity index (χ0n) is 19.2. The second-order valence-electron chi connectivity index (χ2n) is 8.28. The molecule has 0 saturated carbocycles. The van der Waals surface area contributed by atoms with Crippen molar-refractivity contribution in [1.82, 2.24) is 4.90 Å². The predicted molar refractivity (Wildman–Crippen MR) is 133 cm³/mol. The molecule has 2 heterocycles. The summed E-state index contributed by atoms with van der Waals surface area (Å²) in [6, 6.07) is 18.8. The summed E-state index contributed by atoms with van der Waals surface area (Å²) in [6.45, 7) is 0.320. The van der Waals surface area contributed by atoms with Crippen LogP contribution in [0.4, 0.5) is 24.5 Å². The molecule has 0 aliphatic carbocycles. The molecule has 1 saturated heterocycles. The summed E-state index contributed by atoms with van der Waals surface area (Å²) in [5.41, 5.74) is 0.560. The average Bonchev–Trinajstić information content (AvgIpc) is 3.44. The molecule has 0 aromatic heterocycles. The van der Waals surface area contributed by atoms with Crippen LogP contribution < -0.4 is 14.8 Å². The van der Waals surface area contributed by atoms with E-state index in [-0.39, 0.29) is 31.4 Å². The van der Waals surface area contributed by atoms with Gasteiger partial charge in [-0.15, -0.1) is 0 Å². The van der Waals surface area contributed by atoms with Crippen LogP contribution in [-0.4, -0.2) is 33.9 Å². The van der Waals surface area contributed by atoms with Gasteiger partial charge in [0.15, 0.2) is 16.7 Å². The van der Waals surface area contributed by atoms with Crippen LogP contribution in [0, 0.1) is 0 Å². The lowest BCUT2D eigenvalue weighted by Crippen LogP contribution is -2.33. The van der Waals surface area contributed by atoms with E-state index in [1.54, 1.807) is 24.3 Å². The van der Waals surface area contributed by atoms with Gasteiger partial charge in [-0.1, -0.05) is 42.1 Å². The Morgan fingerprint density at radius 2 is 1.81 bits per heavy atom. The molecule has 7 nitrogen and oxygen atoms in total. The number of amidine groups is 1. The van der Waals surface area contributed by atoms with Gasteiger partial charge in [-0.25, -0.2) is 4.99 Å². The van der Waals surface area contributed by atoms with E-state index in [1.807, 2.05) is 24.3 Å². The summed E-state index contributed by atoms with van der Waals surface area (Å²) in [4.78, 5) is 32.2. The van der Waals surface area contributed by atoms with Gasteiger partial charge < -0.3 is 14.8 Å². The molecule has 0 spiro atoms. The van der Waals surface area contributed by atoms with Gasteiger partial charge in [0.2, 0.25) is 18.6 Å². The van der Waals surface area contributed by atoms with Crippen molar-refractivity contribution in [3.63, 3.8) is 0 Å². The Balaban J connectivity index is 1.34. The molecular formula is C26H20F3N3O4S. The van der Waals surface area contributed by atoms with Gasteiger partial charge in [0, 0.05) is 12.1 Å².